The predicted octanol–water partition coefficient (Wildman–Crippen LogP) is 1.97. The van der Waals surface area contributed by atoms with Gasteiger partial charge in [-0.15, -0.1) is 0 Å². The Morgan fingerprint density at radius 3 is 2.77 bits per heavy atom. The zero-order valence-electron chi connectivity index (χ0n) is 15.3. The minimum absolute atomic E-state index is 0.647. The zero-order chi connectivity index (χ0) is 18.4. The summed E-state index contributed by atoms with van der Waals surface area (Å²) >= 11 is 0. The fourth-order valence-electron chi connectivity index (χ4n) is 2.52. The number of methoxy groups -OCH3 is 1. The van der Waals surface area contributed by atoms with Crippen molar-refractivity contribution in [3.63, 3.8) is 0 Å². The number of ether oxygens (including phenoxy) is 1. The van der Waals surface area contributed by atoms with Crippen LogP contribution in [0.25, 0.3) is 11.4 Å². The molecule has 0 fully saturated rings. The van der Waals surface area contributed by atoms with Crippen LogP contribution in [0.5, 0.6) is 0 Å². The summed E-state index contributed by atoms with van der Waals surface area (Å²) in [7, 11) is 5.59. The number of aromatic nitrogens is 5. The van der Waals surface area contributed by atoms with E-state index in [-0.39, 0.29) is 0 Å². The van der Waals surface area contributed by atoms with Crippen LogP contribution in [-0.4, -0.2) is 52.0 Å². The molecule has 0 aliphatic rings. The molecule has 0 radical (unpaired) electrons. The molecular weight excluding hydrogens is 330 g/mol. The third-order valence-corrected chi connectivity index (χ3v) is 3.95. The number of hydrogen-bond donors (Lipinski definition) is 1. The minimum Gasteiger partial charge on any atom is -0.383 e. The topological polar surface area (TPSA) is 81.0 Å². The molecule has 0 aliphatic carbocycles. The molecule has 0 aromatic carbocycles. The van der Waals surface area contributed by atoms with Crippen molar-refractivity contribution in [2.45, 2.75) is 6.54 Å². The Morgan fingerprint density at radius 1 is 1.19 bits per heavy atom. The van der Waals surface area contributed by atoms with Crippen molar-refractivity contribution in [1.29, 1.82) is 0 Å². The molecule has 136 valence electrons. The van der Waals surface area contributed by atoms with Crippen LogP contribution in [0.4, 0.5) is 11.5 Å². The number of likely N-dealkylation sites (N-methyl/N-ethyl adjacent to an activating group) is 1. The van der Waals surface area contributed by atoms with Gasteiger partial charge in [0.2, 0.25) is 0 Å². The highest BCUT2D eigenvalue weighted by Crippen LogP contribution is 2.24. The molecule has 0 unspecified atom stereocenters. The maximum Gasteiger partial charge on any atom is 0.135 e. The summed E-state index contributed by atoms with van der Waals surface area (Å²) in [6.45, 7) is 2.12. The largest absolute Gasteiger partial charge is 0.383 e. The molecular formula is C18H23N7O. The first-order valence-electron chi connectivity index (χ1n) is 8.36. The summed E-state index contributed by atoms with van der Waals surface area (Å²) in [5, 5.41) is 7.88. The van der Waals surface area contributed by atoms with Crippen LogP contribution in [0.15, 0.2) is 43.1 Å². The van der Waals surface area contributed by atoms with Gasteiger partial charge in [-0.25, -0.2) is 4.98 Å². The van der Waals surface area contributed by atoms with E-state index in [1.165, 1.54) is 0 Å². The Labute approximate surface area is 152 Å². The number of nitrogens with zero attached hydrogens (tertiary/aromatic N) is 6. The van der Waals surface area contributed by atoms with Gasteiger partial charge in [0, 0.05) is 59.1 Å². The van der Waals surface area contributed by atoms with E-state index in [1.807, 2.05) is 32.6 Å². The Kier molecular flexibility index (Phi) is 5.75. The van der Waals surface area contributed by atoms with Gasteiger partial charge in [0.25, 0.3) is 0 Å². The maximum absolute atomic E-state index is 5.10. The van der Waals surface area contributed by atoms with Crippen LogP contribution >= 0.6 is 0 Å². The molecule has 3 rings (SSSR count). The minimum atomic E-state index is 0.647. The third kappa shape index (κ3) is 4.34. The van der Waals surface area contributed by atoms with Gasteiger partial charge in [0.1, 0.15) is 17.2 Å². The van der Waals surface area contributed by atoms with E-state index in [9.17, 15) is 0 Å². The lowest BCUT2D eigenvalue weighted by Gasteiger charge is -2.17. The van der Waals surface area contributed by atoms with Gasteiger partial charge >= 0.3 is 0 Å². The van der Waals surface area contributed by atoms with Gasteiger partial charge in [0.05, 0.1) is 18.5 Å². The monoisotopic (exact) mass is 353 g/mol. The van der Waals surface area contributed by atoms with Crippen molar-refractivity contribution in [2.24, 2.45) is 7.05 Å². The maximum atomic E-state index is 5.10. The van der Waals surface area contributed by atoms with Gasteiger partial charge < -0.3 is 15.0 Å². The van der Waals surface area contributed by atoms with Crippen LogP contribution in [0.3, 0.4) is 0 Å². The van der Waals surface area contributed by atoms with E-state index < -0.39 is 0 Å². The summed E-state index contributed by atoms with van der Waals surface area (Å²) in [4.78, 5) is 15.0. The second-order valence-corrected chi connectivity index (χ2v) is 5.95. The first-order chi connectivity index (χ1) is 12.7. The second-order valence-electron chi connectivity index (χ2n) is 5.95. The van der Waals surface area contributed by atoms with Crippen molar-refractivity contribution in [3.8, 4) is 11.4 Å². The molecule has 26 heavy (non-hydrogen) atoms. The summed E-state index contributed by atoms with van der Waals surface area (Å²) in [6.07, 6.45) is 8.83. The smallest absolute Gasteiger partial charge is 0.135 e. The lowest BCUT2D eigenvalue weighted by Crippen LogP contribution is -2.22. The van der Waals surface area contributed by atoms with Gasteiger partial charge in [-0.3, -0.25) is 14.6 Å². The molecule has 1 N–H and O–H groups in total. The van der Waals surface area contributed by atoms with E-state index in [1.54, 1.807) is 30.4 Å². The Bertz CT molecular complexity index is 817. The highest BCUT2D eigenvalue weighted by molar-refractivity contribution is 5.70. The quantitative estimate of drug-likeness (QED) is 0.663. The molecule has 0 bridgehead atoms. The Balaban J connectivity index is 1.66. The predicted molar refractivity (Wildman–Crippen MR) is 101 cm³/mol. The van der Waals surface area contributed by atoms with Crippen molar-refractivity contribution in [3.05, 3.63) is 48.7 Å². The molecule has 8 nitrogen and oxygen atoms in total. The van der Waals surface area contributed by atoms with Gasteiger partial charge in [-0.2, -0.15) is 5.10 Å². The van der Waals surface area contributed by atoms with Crippen molar-refractivity contribution in [1.82, 2.24) is 24.7 Å². The number of nitrogens with one attached hydrogen (secondary N) is 1. The highest BCUT2D eigenvalue weighted by atomic mass is 16.5. The van der Waals surface area contributed by atoms with Gasteiger partial charge in [-0.1, -0.05) is 6.07 Å². The van der Waals surface area contributed by atoms with E-state index in [0.29, 0.717) is 13.2 Å². The molecule has 3 heterocycles. The average Bonchev–Trinajstić information content (AvgIpc) is 3.06. The fraction of sp³-hybridized carbons (Fsp3) is 0.333. The molecule has 8 heteroatoms. The van der Waals surface area contributed by atoms with Gasteiger partial charge in [-0.05, 0) is 11.6 Å². The summed E-state index contributed by atoms with van der Waals surface area (Å²) in [6, 6.07) is 4.08. The number of hydrogen-bond acceptors (Lipinski definition) is 7. The van der Waals surface area contributed by atoms with E-state index in [2.05, 4.69) is 36.3 Å². The standard InChI is InChI=1S/C18H23N7O/c1-24(8-9-26-3)17-5-4-14(11-22-17)10-21-16-13-25(2)23-18(16)15-12-19-6-7-20-15/h4-7,11-13,21H,8-10H2,1-3H3. The normalized spacial score (nSPS) is 10.7. The fourth-order valence-corrected chi connectivity index (χ4v) is 2.52. The SMILES string of the molecule is COCCN(C)c1ccc(CNc2cn(C)nc2-c2cnccn2)cn1. The van der Waals surface area contributed by atoms with Crippen molar-refractivity contribution >= 4 is 11.5 Å². The first-order valence-corrected chi connectivity index (χ1v) is 8.36. The van der Waals surface area contributed by atoms with Crippen molar-refractivity contribution < 1.29 is 4.74 Å². The summed E-state index contributed by atoms with van der Waals surface area (Å²) in [5.74, 6) is 0.924. The lowest BCUT2D eigenvalue weighted by atomic mass is 10.2. The zero-order valence-corrected chi connectivity index (χ0v) is 15.3. The molecule has 3 aromatic heterocycles. The summed E-state index contributed by atoms with van der Waals surface area (Å²) in [5.41, 5.74) is 3.52. The highest BCUT2D eigenvalue weighted by Gasteiger charge is 2.11. The van der Waals surface area contributed by atoms with Crippen molar-refractivity contribution in [2.75, 3.05) is 37.5 Å². The Morgan fingerprint density at radius 2 is 2.08 bits per heavy atom. The average molecular weight is 353 g/mol. The molecule has 0 saturated heterocycles. The molecule has 0 aliphatic heterocycles. The van der Waals surface area contributed by atoms with Crippen LogP contribution in [0, 0.1) is 0 Å². The number of anilines is 2. The second kappa shape index (κ2) is 8.39. The molecule has 0 saturated carbocycles. The van der Waals surface area contributed by atoms with Crippen LogP contribution in [0.1, 0.15) is 5.56 Å². The lowest BCUT2D eigenvalue weighted by molar-refractivity contribution is 0.206. The van der Waals surface area contributed by atoms with E-state index >= 15 is 0 Å². The number of rotatable bonds is 8. The molecule has 0 atom stereocenters. The first kappa shape index (κ1) is 17.8. The van der Waals surface area contributed by atoms with E-state index in [0.717, 1.165) is 35.0 Å². The van der Waals surface area contributed by atoms with E-state index in [4.69, 9.17) is 4.74 Å². The van der Waals surface area contributed by atoms with Crippen LogP contribution in [0.2, 0.25) is 0 Å². The number of aryl methyl sites for hydroxylation is 1. The van der Waals surface area contributed by atoms with Crippen LogP contribution < -0.4 is 10.2 Å². The molecule has 0 spiro atoms. The number of pyridine rings is 1. The summed E-state index contributed by atoms with van der Waals surface area (Å²) < 4.78 is 6.86. The molecule has 0 amide bonds. The van der Waals surface area contributed by atoms with Crippen LogP contribution in [-0.2, 0) is 18.3 Å². The van der Waals surface area contributed by atoms with Gasteiger partial charge in [0.15, 0.2) is 0 Å². The third-order valence-electron chi connectivity index (χ3n) is 3.95. The molecule has 3 aromatic rings. The Hall–Kier alpha value is -3.00.